The number of quaternary nitrogens is 1. The maximum absolute atomic E-state index is 14.7. The van der Waals surface area contributed by atoms with Gasteiger partial charge in [0.1, 0.15) is 71.8 Å². The van der Waals surface area contributed by atoms with Gasteiger partial charge >= 0.3 is 12.0 Å². The Morgan fingerprint density at radius 2 is 1.19 bits per heavy atom. The van der Waals surface area contributed by atoms with Crippen molar-refractivity contribution in [2.45, 2.75) is 97.6 Å². The van der Waals surface area contributed by atoms with Gasteiger partial charge in [0.05, 0.1) is 247 Å². The molecule has 2 aliphatic heterocycles. The van der Waals surface area contributed by atoms with Crippen LogP contribution in [0.5, 0.6) is 23.1 Å². The summed E-state index contributed by atoms with van der Waals surface area (Å²) in [5, 5.41) is 31.5. The zero-order chi connectivity index (χ0) is 104. The molecule has 7 amide bonds. The Balaban J connectivity index is 0.655. The fourth-order valence-corrected chi connectivity index (χ4v) is 17.0. The van der Waals surface area contributed by atoms with Gasteiger partial charge in [-0.15, -0.1) is 16.4 Å². The number of hydrogen-bond acceptors (Lipinski definition) is 33. The number of carbonyl (C=O) groups is 7. The van der Waals surface area contributed by atoms with Crippen molar-refractivity contribution in [2.75, 3.05) is 244 Å². The van der Waals surface area contributed by atoms with E-state index in [9.17, 15) is 43.1 Å². The minimum atomic E-state index is -1.47. The Bertz CT molecular complexity index is 5590. The predicted octanol–water partition coefficient (Wildman–Crippen LogP) is 9.07. The fraction of sp³-hybridized carbons (Fsp3) is 0.505. The molecule has 147 heavy (non-hydrogen) atoms. The van der Waals surface area contributed by atoms with Crippen LogP contribution >= 0.6 is 22.9 Å². The summed E-state index contributed by atoms with van der Waals surface area (Å²) in [6, 6.07) is 28.6. The molecule has 3 atom stereocenters. The molecule has 1 saturated heterocycles. The summed E-state index contributed by atoms with van der Waals surface area (Å²) < 4.78 is 120. The molecule has 9 aromatic rings. The van der Waals surface area contributed by atoms with Gasteiger partial charge in [-0.05, 0) is 108 Å². The van der Waals surface area contributed by atoms with Gasteiger partial charge in [-0.2, -0.15) is 0 Å². The topological polar surface area (TPSA) is 469 Å². The Morgan fingerprint density at radius 3 is 1.80 bits per heavy atom. The summed E-state index contributed by atoms with van der Waals surface area (Å²) in [7, 11) is 5.40. The van der Waals surface area contributed by atoms with Gasteiger partial charge in [0.25, 0.3) is 11.8 Å². The standard InChI is InChI=1S/C103H135ClFN15O26S/c1-72(2)95(114-89(121)28-38-131-40-35-119-90(122)25-26-91(119)123)99(125)113-84(14-11-29-108-103(106)128)98(124)112-79-22-19-76(77(64-79)68-143-69-81-66-118(116-115-81)34-39-132-44-45-134-48-49-136-52-53-138-56-57-140-60-61-142-63-62-141-59-58-139-55-54-137-51-50-135-47-46-133-43-42-129-5)67-120(4)36-31-117(32-37-120)33-41-144-87-24-23-82(73(3)94(87)104)92-93-100(109-71-110-101(93)147-96(92)74-17-20-78(105)21-18-74)146-88(102(126)127)65-75-12-7-9-15-85(75)145-70-80-27-30-107-97(111-80)83-13-8-10-16-86(83)130-6/h7-10,12-13,15-27,30,64,66,71-72,84,88,95H,11,14,28-29,31-63,65,67-70H2,1-6H3,(H6-,106,108,112,113,114,121,124,125,126,127,128)/p+1/t84-,88+,95-/m0/s1. The number of aromatic nitrogens is 7. The van der Waals surface area contributed by atoms with Crippen LogP contribution in [0.3, 0.4) is 0 Å². The number of fused-ring (bicyclic) bond motifs is 1. The van der Waals surface area contributed by atoms with Crippen LogP contribution in [-0.4, -0.2) is 353 Å². The predicted molar refractivity (Wildman–Crippen MR) is 541 cm³/mol. The number of aliphatic carboxylic acids is 1. The number of ether oxygens (including phenoxy) is 18. The number of urea groups is 1. The number of primary amides is 1. The van der Waals surface area contributed by atoms with Crippen molar-refractivity contribution < 1.29 is 133 Å². The lowest BCUT2D eigenvalue weighted by atomic mass is 9.96. The number of carbonyl (C=O) groups excluding carboxylic acids is 6. The minimum Gasteiger partial charge on any atom is -0.496 e. The van der Waals surface area contributed by atoms with E-state index in [4.69, 9.17) is 108 Å². The largest absolute Gasteiger partial charge is 0.496 e. The maximum Gasteiger partial charge on any atom is 0.345 e. The summed E-state index contributed by atoms with van der Waals surface area (Å²) in [6.07, 6.45) is 5.63. The van der Waals surface area contributed by atoms with Crippen molar-refractivity contribution in [3.8, 4) is 56.1 Å². The molecule has 0 saturated carbocycles. The molecule has 7 N–H and O–H groups in total. The molecule has 44 heteroatoms. The average Bonchev–Trinajstić information content (AvgIpc) is 1.59. The number of rotatable bonds is 74. The van der Waals surface area contributed by atoms with Crippen LogP contribution in [0.15, 0.2) is 140 Å². The molecule has 4 aromatic heterocycles. The van der Waals surface area contributed by atoms with Gasteiger partial charge in [-0.1, -0.05) is 85.3 Å². The van der Waals surface area contributed by atoms with E-state index in [2.05, 4.69) is 58.5 Å². The monoisotopic (exact) mass is 2080 g/mol. The van der Waals surface area contributed by atoms with Crippen molar-refractivity contribution in [2.24, 2.45) is 11.7 Å². The van der Waals surface area contributed by atoms with E-state index in [0.29, 0.717) is 283 Å². The summed E-state index contributed by atoms with van der Waals surface area (Å²) in [4.78, 5) is 114. The first-order chi connectivity index (χ1) is 71.5. The number of piperazine rings is 1. The quantitative estimate of drug-likeness (QED) is 0.0117. The van der Waals surface area contributed by atoms with Crippen LogP contribution < -0.4 is 45.9 Å². The number of likely N-dealkylation sites (N-methyl/N-ethyl adjacent to an activating group) is 1. The molecule has 0 spiro atoms. The van der Waals surface area contributed by atoms with Crippen LogP contribution in [0.25, 0.3) is 43.2 Å². The molecule has 2 aliphatic rings. The molecular formula is C103H136ClFN15O26S+. The number of benzene rings is 5. The van der Waals surface area contributed by atoms with E-state index < -0.39 is 71.5 Å². The smallest absolute Gasteiger partial charge is 0.345 e. The molecule has 11 rings (SSSR count). The van der Waals surface area contributed by atoms with Gasteiger partial charge in [-0.3, -0.25) is 33.8 Å². The SMILES string of the molecule is COCCOCCOCCOCCOCCOCCOCCOCCOCCOCCOCCOCCn1cc(COCc2cc(NC(=O)[C@H](CCCNC(N)=O)NC(=O)[C@@H](NC(=O)CCOCCN3C(=O)C=CC3=O)C(C)C)ccc2C[N+]2(C)CCN(CCOc3ccc(-c4c(-c5ccc(F)cc5)sc5ncnc(O[C@H](Cc6ccccc6OCc6ccnc(-c7ccccc7OC)n6)C(=O)O)c45)c(C)c3Cl)CC2)nn1. The van der Waals surface area contributed by atoms with Crippen molar-refractivity contribution in [1.29, 1.82) is 0 Å². The number of thiophene rings is 1. The lowest BCUT2D eigenvalue weighted by molar-refractivity contribution is -0.926. The number of carboxylic acid groups (broad SMARTS) is 1. The van der Waals surface area contributed by atoms with E-state index in [-0.39, 0.29) is 84.3 Å². The number of carboxylic acids is 1. The molecule has 1 fully saturated rings. The fourth-order valence-electron chi connectivity index (χ4n) is 15.6. The van der Waals surface area contributed by atoms with E-state index in [1.54, 1.807) is 99.7 Å². The number of hydrogen-bond donors (Lipinski definition) is 6. The third-order valence-electron chi connectivity index (χ3n) is 23.5. The van der Waals surface area contributed by atoms with Crippen molar-refractivity contribution in [1.82, 2.24) is 60.7 Å². The normalized spacial score (nSPS) is 13.7. The zero-order valence-electron chi connectivity index (χ0n) is 84.2. The Kier molecular flexibility index (Phi) is 50.1. The molecular weight excluding hydrogens is 1950 g/mol. The Morgan fingerprint density at radius 1 is 0.592 bits per heavy atom. The number of nitrogens with one attached hydrogen (secondary N) is 4. The van der Waals surface area contributed by atoms with Gasteiger partial charge in [-0.25, -0.2) is 38.6 Å². The Labute approximate surface area is 863 Å². The third-order valence-corrected chi connectivity index (χ3v) is 25.2. The van der Waals surface area contributed by atoms with Gasteiger partial charge in [0, 0.05) is 86.2 Å². The number of para-hydroxylation sites is 2. The molecule has 0 aliphatic carbocycles. The second-order valence-electron chi connectivity index (χ2n) is 34.7. The summed E-state index contributed by atoms with van der Waals surface area (Å²) in [5.74, 6) is -2.83. The number of nitrogens with two attached hydrogens (primary N) is 1. The van der Waals surface area contributed by atoms with E-state index in [0.717, 1.165) is 29.1 Å². The van der Waals surface area contributed by atoms with Gasteiger partial charge < -0.3 is 122 Å². The molecule has 0 radical (unpaired) electrons. The van der Waals surface area contributed by atoms with Crippen molar-refractivity contribution >= 4 is 80.4 Å². The van der Waals surface area contributed by atoms with Crippen LogP contribution in [-0.2, 0) is 134 Å². The van der Waals surface area contributed by atoms with E-state index >= 15 is 0 Å². The number of imide groups is 1. The highest BCUT2D eigenvalue weighted by Crippen LogP contribution is 2.50. The van der Waals surface area contributed by atoms with E-state index in [1.165, 1.54) is 41.9 Å². The first-order valence-electron chi connectivity index (χ1n) is 49.1. The molecule has 798 valence electrons. The third kappa shape index (κ3) is 39.3. The number of amides is 7. The highest BCUT2D eigenvalue weighted by Gasteiger charge is 2.35. The summed E-state index contributed by atoms with van der Waals surface area (Å²) >= 11 is 8.68. The lowest BCUT2D eigenvalue weighted by Crippen LogP contribution is -2.57. The van der Waals surface area contributed by atoms with Crippen molar-refractivity contribution in [3.63, 3.8) is 0 Å². The van der Waals surface area contributed by atoms with Crippen LogP contribution in [0.2, 0.25) is 5.02 Å². The van der Waals surface area contributed by atoms with Crippen LogP contribution in [0.4, 0.5) is 14.9 Å². The molecule has 6 heterocycles. The number of nitrogens with zero attached hydrogens (tertiary/aromatic N) is 10. The van der Waals surface area contributed by atoms with E-state index in [1.807, 2.05) is 49.4 Å². The van der Waals surface area contributed by atoms with Crippen LogP contribution in [0, 0.1) is 18.7 Å². The minimum absolute atomic E-state index is 0.00287. The first kappa shape index (κ1) is 115. The summed E-state index contributed by atoms with van der Waals surface area (Å²) in [5.41, 5.74) is 12.5. The highest BCUT2D eigenvalue weighted by atomic mass is 35.5. The lowest BCUT2D eigenvalue weighted by Gasteiger charge is -2.42. The van der Waals surface area contributed by atoms with Gasteiger partial charge in [0.2, 0.25) is 29.7 Å². The first-order valence-corrected chi connectivity index (χ1v) is 50.3. The van der Waals surface area contributed by atoms with Crippen LogP contribution in [0.1, 0.15) is 66.8 Å². The number of halogens is 2. The van der Waals surface area contributed by atoms with Crippen molar-refractivity contribution in [3.05, 3.63) is 185 Å². The molecule has 0 unspecified atom stereocenters. The number of anilines is 1. The second-order valence-corrected chi connectivity index (χ2v) is 36.1. The average molecular weight is 2090 g/mol. The molecule has 41 nitrogen and oxygen atoms in total. The zero-order valence-corrected chi connectivity index (χ0v) is 85.7. The highest BCUT2D eigenvalue weighted by molar-refractivity contribution is 7.22. The second kappa shape index (κ2) is 63.8. The molecule has 5 aromatic carbocycles. The maximum atomic E-state index is 14.7. The Hall–Kier alpha value is -11.8. The number of methoxy groups -OCH3 is 2. The van der Waals surface area contributed by atoms with Gasteiger partial charge in [0.15, 0.2) is 5.82 Å². The molecule has 0 bridgehead atoms. The summed E-state index contributed by atoms with van der Waals surface area (Å²) in [6.45, 7) is 20.6.